The molecule has 4 heteroatoms. The molecule has 0 aliphatic rings. The Balaban J connectivity index is 1.56. The summed E-state index contributed by atoms with van der Waals surface area (Å²) in [5.41, 5.74) is 1.66. The number of benzene rings is 2. The number of amides is 2. The molecule has 0 unspecified atom stereocenters. The highest BCUT2D eigenvalue weighted by Crippen LogP contribution is 2.00. The first kappa shape index (κ1) is 17.5. The van der Waals surface area contributed by atoms with Crippen molar-refractivity contribution >= 4 is 17.9 Å². The van der Waals surface area contributed by atoms with Gasteiger partial charge < -0.3 is 10.6 Å². The maximum absolute atomic E-state index is 11.8. The molecule has 0 saturated heterocycles. The summed E-state index contributed by atoms with van der Waals surface area (Å²) in [6, 6.07) is 18.8. The molecule has 2 rings (SSSR count). The van der Waals surface area contributed by atoms with E-state index in [0.29, 0.717) is 18.7 Å². The van der Waals surface area contributed by atoms with Gasteiger partial charge in [-0.15, -0.1) is 0 Å². The first-order valence-electron chi connectivity index (χ1n) is 8.10. The molecule has 4 nitrogen and oxygen atoms in total. The molecule has 0 fully saturated rings. The first-order valence-corrected chi connectivity index (χ1v) is 8.10. The Kier molecular flexibility index (Phi) is 7.28. The molecule has 2 N–H and O–H groups in total. The zero-order valence-electron chi connectivity index (χ0n) is 13.6. The summed E-state index contributed by atoms with van der Waals surface area (Å²) in [6.07, 6.45) is 4.96. The lowest BCUT2D eigenvalue weighted by molar-refractivity contribution is -0.116. The van der Waals surface area contributed by atoms with E-state index in [1.54, 1.807) is 18.2 Å². The Hall–Kier alpha value is -2.88. The predicted octanol–water partition coefficient (Wildman–Crippen LogP) is 3.03. The zero-order chi connectivity index (χ0) is 17.0. The van der Waals surface area contributed by atoms with Crippen LogP contribution < -0.4 is 10.6 Å². The topological polar surface area (TPSA) is 58.2 Å². The average Bonchev–Trinajstić information content (AvgIpc) is 2.64. The van der Waals surface area contributed by atoms with Gasteiger partial charge in [0, 0.05) is 24.7 Å². The van der Waals surface area contributed by atoms with Crippen molar-refractivity contribution in [2.75, 3.05) is 13.1 Å². The van der Waals surface area contributed by atoms with E-state index in [1.807, 2.05) is 48.5 Å². The van der Waals surface area contributed by atoms with Gasteiger partial charge in [-0.1, -0.05) is 48.5 Å². The monoisotopic (exact) mass is 322 g/mol. The van der Waals surface area contributed by atoms with Gasteiger partial charge in [-0.05, 0) is 36.6 Å². The molecular formula is C20H22N2O2. The van der Waals surface area contributed by atoms with Crippen molar-refractivity contribution in [3.8, 4) is 0 Å². The number of carbonyl (C=O) groups is 2. The number of nitrogens with one attached hydrogen (secondary N) is 2. The van der Waals surface area contributed by atoms with Crippen LogP contribution in [0.15, 0.2) is 66.7 Å². The summed E-state index contributed by atoms with van der Waals surface area (Å²) in [4.78, 5) is 23.5. The number of rotatable bonds is 8. The van der Waals surface area contributed by atoms with Gasteiger partial charge in [-0.3, -0.25) is 9.59 Å². The Bertz CT molecular complexity index is 667. The maximum atomic E-state index is 11.8. The predicted molar refractivity (Wildman–Crippen MR) is 96.5 cm³/mol. The van der Waals surface area contributed by atoms with Crippen LogP contribution in [0.25, 0.3) is 6.08 Å². The lowest BCUT2D eigenvalue weighted by Gasteiger charge is -2.05. The molecule has 0 bridgehead atoms. The average molecular weight is 322 g/mol. The minimum atomic E-state index is -0.104. The number of unbranched alkanes of at least 4 members (excludes halogenated alkanes) is 1. The molecule has 0 spiro atoms. The van der Waals surface area contributed by atoms with Gasteiger partial charge >= 0.3 is 0 Å². The van der Waals surface area contributed by atoms with E-state index < -0.39 is 0 Å². The molecule has 124 valence electrons. The van der Waals surface area contributed by atoms with Crippen molar-refractivity contribution in [2.24, 2.45) is 0 Å². The molecule has 2 aromatic carbocycles. The fourth-order valence-electron chi connectivity index (χ4n) is 2.15. The second-order valence-corrected chi connectivity index (χ2v) is 5.36. The van der Waals surface area contributed by atoms with E-state index in [-0.39, 0.29) is 11.8 Å². The van der Waals surface area contributed by atoms with Gasteiger partial charge in [-0.25, -0.2) is 0 Å². The standard InChI is InChI=1S/C20H22N2O2/c23-19(14-13-17-9-3-1-4-10-17)21-15-7-8-16-22-20(24)18-11-5-2-6-12-18/h1-6,9-14H,7-8,15-16H2,(H,21,23)(H,22,24)/b14-13+. The molecule has 0 heterocycles. The molecule has 24 heavy (non-hydrogen) atoms. The van der Waals surface area contributed by atoms with Crippen molar-refractivity contribution in [3.63, 3.8) is 0 Å². The fourth-order valence-corrected chi connectivity index (χ4v) is 2.15. The zero-order valence-corrected chi connectivity index (χ0v) is 13.6. The molecular weight excluding hydrogens is 300 g/mol. The van der Waals surface area contributed by atoms with E-state index in [0.717, 1.165) is 18.4 Å². The minimum absolute atomic E-state index is 0.0644. The summed E-state index contributed by atoms with van der Waals surface area (Å²) in [5, 5.41) is 5.70. The van der Waals surface area contributed by atoms with E-state index in [2.05, 4.69) is 10.6 Å². The first-order chi connectivity index (χ1) is 11.8. The van der Waals surface area contributed by atoms with E-state index >= 15 is 0 Å². The lowest BCUT2D eigenvalue weighted by atomic mass is 10.2. The summed E-state index contributed by atoms with van der Waals surface area (Å²) >= 11 is 0. The van der Waals surface area contributed by atoms with Crippen molar-refractivity contribution in [1.29, 1.82) is 0 Å². The molecule has 0 aliphatic heterocycles. The van der Waals surface area contributed by atoms with E-state index in [1.165, 1.54) is 6.08 Å². The summed E-state index contributed by atoms with van der Waals surface area (Å²) in [7, 11) is 0. The van der Waals surface area contributed by atoms with Crippen LogP contribution in [0.2, 0.25) is 0 Å². The molecule has 0 atom stereocenters. The summed E-state index contributed by atoms with van der Waals surface area (Å²) in [6.45, 7) is 1.20. The van der Waals surface area contributed by atoms with Crippen LogP contribution in [-0.4, -0.2) is 24.9 Å². The minimum Gasteiger partial charge on any atom is -0.353 e. The number of carbonyl (C=O) groups excluding carboxylic acids is 2. The van der Waals surface area contributed by atoms with Crippen molar-refractivity contribution in [2.45, 2.75) is 12.8 Å². The SMILES string of the molecule is O=C(/C=C/c1ccccc1)NCCCCNC(=O)c1ccccc1. The van der Waals surface area contributed by atoms with E-state index in [9.17, 15) is 9.59 Å². The molecule has 2 amide bonds. The number of hydrogen-bond acceptors (Lipinski definition) is 2. The van der Waals surface area contributed by atoms with Crippen LogP contribution in [0.1, 0.15) is 28.8 Å². The highest BCUT2D eigenvalue weighted by Gasteiger charge is 2.02. The Morgan fingerprint density at radius 2 is 1.38 bits per heavy atom. The third-order valence-corrected chi connectivity index (χ3v) is 3.45. The van der Waals surface area contributed by atoms with Crippen LogP contribution in [0.3, 0.4) is 0 Å². The third kappa shape index (κ3) is 6.48. The van der Waals surface area contributed by atoms with Gasteiger partial charge in [0.15, 0.2) is 0 Å². The van der Waals surface area contributed by atoms with Gasteiger partial charge in [0.1, 0.15) is 0 Å². The molecule has 0 aromatic heterocycles. The van der Waals surface area contributed by atoms with Crippen molar-refractivity contribution < 1.29 is 9.59 Å². The van der Waals surface area contributed by atoms with Gasteiger partial charge in [0.25, 0.3) is 5.91 Å². The van der Waals surface area contributed by atoms with Crippen LogP contribution in [-0.2, 0) is 4.79 Å². The summed E-state index contributed by atoms with van der Waals surface area (Å²) < 4.78 is 0. The van der Waals surface area contributed by atoms with Crippen LogP contribution in [0.5, 0.6) is 0 Å². The smallest absolute Gasteiger partial charge is 0.251 e. The van der Waals surface area contributed by atoms with Crippen LogP contribution in [0.4, 0.5) is 0 Å². The van der Waals surface area contributed by atoms with E-state index in [4.69, 9.17) is 0 Å². The largest absolute Gasteiger partial charge is 0.353 e. The number of hydrogen-bond donors (Lipinski definition) is 2. The quantitative estimate of drug-likeness (QED) is 0.580. The second kappa shape index (κ2) is 10.0. The van der Waals surface area contributed by atoms with Crippen molar-refractivity contribution in [1.82, 2.24) is 10.6 Å². The Morgan fingerprint density at radius 1 is 0.792 bits per heavy atom. The second-order valence-electron chi connectivity index (χ2n) is 5.36. The Morgan fingerprint density at radius 3 is 2.04 bits per heavy atom. The molecule has 0 saturated carbocycles. The van der Waals surface area contributed by atoms with Gasteiger partial charge in [0.2, 0.25) is 5.91 Å². The van der Waals surface area contributed by atoms with Gasteiger partial charge in [0.05, 0.1) is 0 Å². The van der Waals surface area contributed by atoms with Crippen LogP contribution >= 0.6 is 0 Å². The fraction of sp³-hybridized carbons (Fsp3) is 0.200. The molecule has 0 radical (unpaired) electrons. The van der Waals surface area contributed by atoms with Crippen LogP contribution in [0, 0.1) is 0 Å². The highest BCUT2D eigenvalue weighted by atomic mass is 16.2. The summed E-state index contributed by atoms with van der Waals surface area (Å²) in [5.74, 6) is -0.169. The highest BCUT2D eigenvalue weighted by molar-refractivity contribution is 5.94. The van der Waals surface area contributed by atoms with Crippen molar-refractivity contribution in [3.05, 3.63) is 77.9 Å². The van der Waals surface area contributed by atoms with Gasteiger partial charge in [-0.2, -0.15) is 0 Å². The molecule has 0 aliphatic carbocycles. The maximum Gasteiger partial charge on any atom is 0.251 e. The lowest BCUT2D eigenvalue weighted by Crippen LogP contribution is -2.26. The third-order valence-electron chi connectivity index (χ3n) is 3.45. The Labute approximate surface area is 142 Å². The normalized spacial score (nSPS) is 10.5. The molecule has 2 aromatic rings.